The van der Waals surface area contributed by atoms with Gasteiger partial charge in [-0.25, -0.2) is 0 Å². The van der Waals surface area contributed by atoms with E-state index in [1.165, 1.54) is 37.7 Å². The summed E-state index contributed by atoms with van der Waals surface area (Å²) in [5, 5.41) is 29.2. The van der Waals surface area contributed by atoms with Crippen molar-refractivity contribution in [2.24, 2.45) is 0 Å². The molecule has 0 amide bonds. The van der Waals surface area contributed by atoms with Crippen LogP contribution < -0.4 is 0 Å². The van der Waals surface area contributed by atoms with Gasteiger partial charge in [-0.3, -0.25) is 0 Å². The van der Waals surface area contributed by atoms with Gasteiger partial charge in [0.05, 0.1) is 56.6 Å². The lowest BCUT2D eigenvalue weighted by Crippen LogP contribution is -2.08. The highest BCUT2D eigenvalue weighted by Gasteiger charge is 2.35. The molecule has 0 fully saturated rings. The predicted octanol–water partition coefficient (Wildman–Crippen LogP) is 16.7. The van der Waals surface area contributed by atoms with Crippen molar-refractivity contribution in [1.82, 2.24) is 9.13 Å². The maximum Gasteiger partial charge on any atom is 0.417 e. The van der Waals surface area contributed by atoms with E-state index < -0.39 is 11.7 Å². The number of aromatic nitrogens is 2. The van der Waals surface area contributed by atoms with Gasteiger partial charge in [0.1, 0.15) is 0 Å². The van der Waals surface area contributed by atoms with E-state index >= 15 is 13.2 Å². The summed E-state index contributed by atoms with van der Waals surface area (Å²) in [5.41, 5.74) is 5.88. The van der Waals surface area contributed by atoms with Crippen molar-refractivity contribution in [2.45, 2.75) is 6.18 Å². The Labute approximate surface area is 382 Å². The van der Waals surface area contributed by atoms with Gasteiger partial charge in [-0.2, -0.15) is 23.7 Å². The van der Waals surface area contributed by atoms with Gasteiger partial charge in [0.2, 0.25) is 0 Å². The van der Waals surface area contributed by atoms with Crippen LogP contribution in [0.4, 0.5) is 13.2 Å². The Morgan fingerprint density at radius 1 is 0.409 bits per heavy atom. The summed E-state index contributed by atoms with van der Waals surface area (Å²) in [6.07, 6.45) is -4.78. The quantitative estimate of drug-likeness (QED) is 0.177. The minimum Gasteiger partial charge on any atom is -0.309 e. The number of nitriles is 2. The highest BCUT2D eigenvalue weighted by molar-refractivity contribution is 7.27. The largest absolute Gasteiger partial charge is 0.417 e. The number of hydrogen-bond acceptors (Lipinski definition) is 4. The van der Waals surface area contributed by atoms with Crippen LogP contribution in [0.25, 0.3) is 118 Å². The lowest BCUT2D eigenvalue weighted by molar-refractivity contribution is -0.137. The number of benzene rings is 9. The number of hydrogen-bond donors (Lipinski definition) is 0. The van der Waals surface area contributed by atoms with Crippen molar-refractivity contribution in [3.63, 3.8) is 0 Å². The van der Waals surface area contributed by atoms with E-state index in [0.717, 1.165) is 70.2 Å². The highest BCUT2D eigenvalue weighted by atomic mass is 32.1. The number of thiophene rings is 2. The van der Waals surface area contributed by atoms with Crippen LogP contribution in [0, 0.1) is 22.7 Å². The fourth-order valence-corrected chi connectivity index (χ4v) is 12.8. The molecular formula is C57H29F3N4S2. The van der Waals surface area contributed by atoms with Crippen molar-refractivity contribution in [1.29, 1.82) is 10.5 Å². The fourth-order valence-electron chi connectivity index (χ4n) is 10.2. The number of fused-ring (bicyclic) bond motifs is 14. The summed E-state index contributed by atoms with van der Waals surface area (Å²) in [4.78, 5) is 0. The molecule has 0 bridgehead atoms. The van der Waals surface area contributed by atoms with Crippen molar-refractivity contribution in [2.75, 3.05) is 0 Å². The summed E-state index contributed by atoms with van der Waals surface area (Å²) in [5.74, 6) is 0. The first kappa shape index (κ1) is 38.3. The van der Waals surface area contributed by atoms with Crippen molar-refractivity contribution in [3.05, 3.63) is 193 Å². The standard InChI is InChI=1S/C57H29F3N4S2/c58-57(59,60)45-28-33(31-62)17-20-36(45)35-21-19-34(63-46-13-5-1-11-41(46)53-49(63)25-22-39-37-9-3-7-15-51(37)65-55(39)53)29-43(35)44-27-32(30-61)18-24-48(44)64-47-14-6-2-12-42(47)54-50(64)26-23-40-38-10-4-8-16-52(38)66-56(40)54/h1-29H. The van der Waals surface area contributed by atoms with E-state index in [9.17, 15) is 10.5 Å². The van der Waals surface area contributed by atoms with Gasteiger partial charge in [-0.15, -0.1) is 22.7 Å². The number of alkyl halides is 3. The molecule has 13 aromatic rings. The van der Waals surface area contributed by atoms with Crippen molar-refractivity contribution in [3.8, 4) is 45.8 Å². The maximum atomic E-state index is 15.3. The maximum absolute atomic E-state index is 15.3. The average molecular weight is 891 g/mol. The van der Waals surface area contributed by atoms with Gasteiger partial charge in [0.25, 0.3) is 0 Å². The average Bonchev–Trinajstić information content (AvgIpc) is 4.11. The molecule has 0 N–H and O–H groups in total. The molecule has 310 valence electrons. The molecule has 0 atom stereocenters. The van der Waals surface area contributed by atoms with Gasteiger partial charge in [0.15, 0.2) is 0 Å². The first-order valence-electron chi connectivity index (χ1n) is 21.3. The molecule has 0 aliphatic carbocycles. The Bertz CT molecular complexity index is 4320. The molecule has 0 saturated heterocycles. The third kappa shape index (κ3) is 5.48. The number of rotatable bonds is 4. The molecule has 0 radical (unpaired) electrons. The van der Waals surface area contributed by atoms with Crippen LogP contribution in [-0.2, 0) is 6.18 Å². The van der Waals surface area contributed by atoms with E-state index in [2.05, 4.69) is 112 Å². The van der Waals surface area contributed by atoms with E-state index in [-0.39, 0.29) is 11.1 Å². The Morgan fingerprint density at radius 3 is 1.53 bits per heavy atom. The van der Waals surface area contributed by atoms with Crippen molar-refractivity contribution < 1.29 is 13.2 Å². The predicted molar refractivity (Wildman–Crippen MR) is 266 cm³/mol. The third-order valence-electron chi connectivity index (χ3n) is 13.0. The molecule has 66 heavy (non-hydrogen) atoms. The summed E-state index contributed by atoms with van der Waals surface area (Å²) in [6, 6.07) is 60.9. The minimum absolute atomic E-state index is 0.0697. The summed E-state index contributed by atoms with van der Waals surface area (Å²) >= 11 is 3.50. The second kappa shape index (κ2) is 14.1. The lowest BCUT2D eigenvalue weighted by Gasteiger charge is -2.21. The SMILES string of the molecule is N#Cc1ccc(-n2c3ccccc3c3c4sc5ccccc5c4ccc32)c(-c2cc(-n3c4ccccc4c4c5sc6ccccc6c5ccc43)ccc2-c2ccc(C#N)cc2C(F)(F)F)c1. The minimum atomic E-state index is -4.78. The molecule has 4 heterocycles. The van der Waals surface area contributed by atoms with Crippen LogP contribution in [0.5, 0.6) is 0 Å². The highest BCUT2D eigenvalue weighted by Crippen LogP contribution is 2.49. The normalized spacial score (nSPS) is 12.1. The second-order valence-electron chi connectivity index (χ2n) is 16.5. The van der Waals surface area contributed by atoms with Crippen LogP contribution in [0.2, 0.25) is 0 Å². The molecule has 0 spiro atoms. The third-order valence-corrected chi connectivity index (χ3v) is 15.4. The monoisotopic (exact) mass is 890 g/mol. The molecule has 9 aromatic carbocycles. The summed E-state index contributed by atoms with van der Waals surface area (Å²) in [7, 11) is 0. The van der Waals surface area contributed by atoms with Crippen LogP contribution in [0.15, 0.2) is 176 Å². The zero-order valence-electron chi connectivity index (χ0n) is 34.5. The van der Waals surface area contributed by atoms with Crippen molar-refractivity contribution >= 4 is 107 Å². The number of para-hydroxylation sites is 2. The van der Waals surface area contributed by atoms with E-state index in [4.69, 9.17) is 0 Å². The lowest BCUT2D eigenvalue weighted by atomic mass is 9.89. The van der Waals surface area contributed by atoms with Gasteiger partial charge >= 0.3 is 6.18 Å². The van der Waals surface area contributed by atoms with Crippen LogP contribution >= 0.6 is 22.7 Å². The number of halogens is 3. The zero-order valence-corrected chi connectivity index (χ0v) is 36.1. The topological polar surface area (TPSA) is 57.4 Å². The van der Waals surface area contributed by atoms with Gasteiger partial charge in [-0.05, 0) is 95.6 Å². The molecule has 13 rings (SSSR count). The van der Waals surface area contributed by atoms with Gasteiger partial charge < -0.3 is 9.13 Å². The number of nitrogens with zero attached hydrogens (tertiary/aromatic N) is 4. The first-order valence-corrected chi connectivity index (χ1v) is 22.9. The molecule has 9 heteroatoms. The smallest absolute Gasteiger partial charge is 0.309 e. The second-order valence-corrected chi connectivity index (χ2v) is 18.6. The Kier molecular flexibility index (Phi) is 8.20. The van der Waals surface area contributed by atoms with Gasteiger partial charge in [-0.1, -0.05) is 97.1 Å². The molecule has 0 unspecified atom stereocenters. The molecular weight excluding hydrogens is 862 g/mol. The first-order chi connectivity index (χ1) is 32.3. The molecule has 0 aliphatic heterocycles. The molecule has 0 aliphatic rings. The Hall–Kier alpha value is -8.21. The van der Waals surface area contributed by atoms with Crippen LogP contribution in [-0.4, -0.2) is 9.13 Å². The Morgan fingerprint density at radius 2 is 0.924 bits per heavy atom. The van der Waals surface area contributed by atoms with Crippen LogP contribution in [0.1, 0.15) is 16.7 Å². The Balaban J connectivity index is 1.15. The van der Waals surface area contributed by atoms with E-state index in [0.29, 0.717) is 27.9 Å². The summed E-state index contributed by atoms with van der Waals surface area (Å²) in [6.45, 7) is 0. The molecule has 4 nitrogen and oxygen atoms in total. The van der Waals surface area contributed by atoms with Gasteiger partial charge in [0, 0.05) is 73.1 Å². The molecule has 0 saturated carbocycles. The molecule has 4 aromatic heterocycles. The van der Waals surface area contributed by atoms with E-state index in [1.807, 2.05) is 48.5 Å². The van der Waals surface area contributed by atoms with Crippen LogP contribution in [0.3, 0.4) is 0 Å². The summed E-state index contributed by atoms with van der Waals surface area (Å²) < 4.78 is 54.8. The zero-order chi connectivity index (χ0) is 44.4. The van der Waals surface area contributed by atoms with E-state index in [1.54, 1.807) is 40.9 Å². The fraction of sp³-hybridized carbons (Fsp3) is 0.0175.